The van der Waals surface area contributed by atoms with Crippen LogP contribution in [0.5, 0.6) is 5.88 Å². The number of aliphatic hydroxyl groups is 1. The monoisotopic (exact) mass is 245 g/mol. The summed E-state index contributed by atoms with van der Waals surface area (Å²) in [5, 5.41) is 9.09. The normalized spacial score (nSPS) is 10.3. The quantitative estimate of drug-likeness (QED) is 0.778. The van der Waals surface area contributed by atoms with Crippen molar-refractivity contribution in [1.82, 2.24) is 15.0 Å². The van der Waals surface area contributed by atoms with Crippen molar-refractivity contribution in [2.45, 2.75) is 19.4 Å². The van der Waals surface area contributed by atoms with E-state index < -0.39 is 0 Å². The Kier molecular flexibility index (Phi) is 4.60. The van der Waals surface area contributed by atoms with E-state index in [1.807, 2.05) is 12.1 Å². The molecule has 0 aromatic carbocycles. The minimum absolute atomic E-state index is 0.111. The second-order valence-electron chi connectivity index (χ2n) is 3.82. The van der Waals surface area contributed by atoms with Crippen LogP contribution >= 0.6 is 0 Å². The van der Waals surface area contributed by atoms with E-state index in [-0.39, 0.29) is 6.61 Å². The van der Waals surface area contributed by atoms with E-state index >= 15 is 0 Å². The standard InChI is InChI=1S/C13H15N3O2/c17-9-12-8-15-10-16-13(12)18-7-1-2-11-3-5-14-6-4-11/h3-6,8,10,17H,1-2,7,9H2. The Morgan fingerprint density at radius 2 is 2.00 bits per heavy atom. The Bertz CT molecular complexity index is 477. The molecule has 0 aliphatic rings. The van der Waals surface area contributed by atoms with Crippen LogP contribution in [0.25, 0.3) is 0 Å². The van der Waals surface area contributed by atoms with Crippen molar-refractivity contribution in [1.29, 1.82) is 0 Å². The van der Waals surface area contributed by atoms with Gasteiger partial charge in [-0.25, -0.2) is 9.97 Å². The predicted octanol–water partition coefficient (Wildman–Crippen LogP) is 1.38. The Hall–Kier alpha value is -2.01. The topological polar surface area (TPSA) is 68.1 Å². The molecule has 0 aliphatic carbocycles. The molecule has 0 bridgehead atoms. The molecule has 0 radical (unpaired) electrons. The van der Waals surface area contributed by atoms with Gasteiger partial charge in [-0.2, -0.15) is 0 Å². The molecule has 18 heavy (non-hydrogen) atoms. The summed E-state index contributed by atoms with van der Waals surface area (Å²) in [5.74, 6) is 0.460. The van der Waals surface area contributed by atoms with Gasteiger partial charge in [-0.15, -0.1) is 0 Å². The minimum Gasteiger partial charge on any atom is -0.477 e. The first kappa shape index (κ1) is 12.4. The third-order valence-electron chi connectivity index (χ3n) is 2.51. The maximum atomic E-state index is 9.09. The Labute approximate surface area is 106 Å². The zero-order chi connectivity index (χ0) is 12.6. The summed E-state index contributed by atoms with van der Waals surface area (Å²) in [5.41, 5.74) is 1.85. The zero-order valence-corrected chi connectivity index (χ0v) is 9.99. The molecule has 0 atom stereocenters. The SMILES string of the molecule is OCc1cncnc1OCCCc1ccncc1. The lowest BCUT2D eigenvalue weighted by Gasteiger charge is -2.07. The van der Waals surface area contributed by atoms with Gasteiger partial charge in [0.15, 0.2) is 0 Å². The number of aromatic nitrogens is 3. The van der Waals surface area contributed by atoms with Crippen molar-refractivity contribution >= 4 is 0 Å². The molecule has 0 saturated carbocycles. The highest BCUT2D eigenvalue weighted by Gasteiger charge is 2.03. The highest BCUT2D eigenvalue weighted by Crippen LogP contribution is 2.13. The molecule has 2 heterocycles. The van der Waals surface area contributed by atoms with Gasteiger partial charge in [0.2, 0.25) is 5.88 Å². The fraction of sp³-hybridized carbons (Fsp3) is 0.308. The fourth-order valence-electron chi connectivity index (χ4n) is 1.58. The molecular formula is C13H15N3O2. The average molecular weight is 245 g/mol. The molecule has 2 rings (SSSR count). The molecule has 5 heteroatoms. The maximum Gasteiger partial charge on any atom is 0.221 e. The smallest absolute Gasteiger partial charge is 0.221 e. The van der Waals surface area contributed by atoms with E-state index in [0.29, 0.717) is 18.1 Å². The molecule has 1 N–H and O–H groups in total. The molecule has 0 aliphatic heterocycles. The number of pyridine rings is 1. The van der Waals surface area contributed by atoms with Crippen molar-refractivity contribution in [3.8, 4) is 5.88 Å². The van der Waals surface area contributed by atoms with Crippen molar-refractivity contribution < 1.29 is 9.84 Å². The first-order valence-corrected chi connectivity index (χ1v) is 5.81. The van der Waals surface area contributed by atoms with E-state index in [4.69, 9.17) is 9.84 Å². The van der Waals surface area contributed by atoms with Crippen molar-refractivity contribution in [3.05, 3.63) is 48.2 Å². The van der Waals surface area contributed by atoms with Crippen molar-refractivity contribution in [2.24, 2.45) is 0 Å². The van der Waals surface area contributed by atoms with E-state index in [0.717, 1.165) is 12.8 Å². The van der Waals surface area contributed by atoms with Crippen molar-refractivity contribution in [2.75, 3.05) is 6.61 Å². The molecule has 2 aromatic rings. The Morgan fingerprint density at radius 3 is 2.78 bits per heavy atom. The van der Waals surface area contributed by atoms with Crippen molar-refractivity contribution in [3.63, 3.8) is 0 Å². The number of hydrogen-bond acceptors (Lipinski definition) is 5. The summed E-state index contributed by atoms with van der Waals surface area (Å²) in [6.45, 7) is 0.451. The van der Waals surface area contributed by atoms with Gasteiger partial charge in [-0.1, -0.05) is 0 Å². The van der Waals surface area contributed by atoms with Gasteiger partial charge in [-0.05, 0) is 30.5 Å². The summed E-state index contributed by atoms with van der Waals surface area (Å²) in [6, 6.07) is 3.98. The van der Waals surface area contributed by atoms with Gasteiger partial charge in [0, 0.05) is 18.6 Å². The lowest BCUT2D eigenvalue weighted by atomic mass is 10.1. The molecule has 0 spiro atoms. The summed E-state index contributed by atoms with van der Waals surface area (Å²) in [6.07, 6.45) is 8.36. The van der Waals surface area contributed by atoms with Crippen LogP contribution < -0.4 is 4.74 Å². The first-order chi connectivity index (χ1) is 8.90. The maximum absolute atomic E-state index is 9.09. The third-order valence-corrected chi connectivity index (χ3v) is 2.51. The van der Waals surface area contributed by atoms with E-state index in [1.165, 1.54) is 11.9 Å². The lowest BCUT2D eigenvalue weighted by Crippen LogP contribution is -2.04. The molecule has 0 saturated heterocycles. The van der Waals surface area contributed by atoms with Crippen LogP contribution in [0.15, 0.2) is 37.1 Å². The van der Waals surface area contributed by atoms with Gasteiger partial charge in [0.25, 0.3) is 0 Å². The third kappa shape index (κ3) is 3.49. The number of hydrogen-bond donors (Lipinski definition) is 1. The van der Waals surface area contributed by atoms with Gasteiger partial charge in [0.1, 0.15) is 6.33 Å². The Balaban J connectivity index is 1.78. The summed E-state index contributed by atoms with van der Waals surface area (Å²) in [4.78, 5) is 11.8. The van der Waals surface area contributed by atoms with Crippen LogP contribution in [0.1, 0.15) is 17.5 Å². The molecule has 0 fully saturated rings. The summed E-state index contributed by atoms with van der Waals surface area (Å²) >= 11 is 0. The molecule has 5 nitrogen and oxygen atoms in total. The number of ether oxygens (including phenoxy) is 1. The largest absolute Gasteiger partial charge is 0.477 e. The van der Waals surface area contributed by atoms with Crippen LogP contribution in [-0.2, 0) is 13.0 Å². The second-order valence-corrected chi connectivity index (χ2v) is 3.82. The minimum atomic E-state index is -0.111. The van der Waals surface area contributed by atoms with E-state index in [1.54, 1.807) is 18.6 Å². The summed E-state index contributed by atoms with van der Waals surface area (Å²) in [7, 11) is 0. The van der Waals surface area contributed by atoms with Gasteiger partial charge < -0.3 is 9.84 Å². The predicted molar refractivity (Wildman–Crippen MR) is 66.0 cm³/mol. The lowest BCUT2D eigenvalue weighted by molar-refractivity contribution is 0.255. The molecule has 2 aromatic heterocycles. The number of nitrogens with zero attached hydrogens (tertiary/aromatic N) is 3. The second kappa shape index (κ2) is 6.66. The fourth-order valence-corrected chi connectivity index (χ4v) is 1.58. The average Bonchev–Trinajstić information content (AvgIpc) is 2.45. The van der Waals surface area contributed by atoms with Crippen LogP contribution in [0, 0.1) is 0 Å². The highest BCUT2D eigenvalue weighted by molar-refractivity contribution is 5.20. The molecule has 0 amide bonds. The van der Waals surface area contributed by atoms with Crippen LogP contribution in [0.4, 0.5) is 0 Å². The van der Waals surface area contributed by atoms with Gasteiger partial charge in [-0.3, -0.25) is 4.98 Å². The van der Waals surface area contributed by atoms with Crippen LogP contribution in [-0.4, -0.2) is 26.7 Å². The van der Waals surface area contributed by atoms with E-state index in [9.17, 15) is 0 Å². The van der Waals surface area contributed by atoms with E-state index in [2.05, 4.69) is 15.0 Å². The number of aryl methyl sites for hydroxylation is 1. The number of aliphatic hydroxyl groups excluding tert-OH is 1. The van der Waals surface area contributed by atoms with Gasteiger partial charge in [0.05, 0.1) is 18.8 Å². The first-order valence-electron chi connectivity index (χ1n) is 5.81. The van der Waals surface area contributed by atoms with Crippen LogP contribution in [0.3, 0.4) is 0 Å². The molecule has 94 valence electrons. The van der Waals surface area contributed by atoms with Crippen LogP contribution in [0.2, 0.25) is 0 Å². The number of rotatable bonds is 6. The summed E-state index contributed by atoms with van der Waals surface area (Å²) < 4.78 is 5.52. The zero-order valence-electron chi connectivity index (χ0n) is 9.99. The highest BCUT2D eigenvalue weighted by atomic mass is 16.5. The molecule has 0 unspecified atom stereocenters. The Morgan fingerprint density at radius 1 is 1.17 bits per heavy atom. The molecular weight excluding hydrogens is 230 g/mol. The van der Waals surface area contributed by atoms with Gasteiger partial charge >= 0.3 is 0 Å².